The van der Waals surface area contributed by atoms with Crippen LogP contribution in [-0.4, -0.2) is 13.2 Å². The van der Waals surface area contributed by atoms with Gasteiger partial charge in [0, 0.05) is 0 Å². The van der Waals surface area contributed by atoms with Crippen molar-refractivity contribution in [3.05, 3.63) is 58.9 Å². The molecule has 1 rings (SSSR count). The summed E-state index contributed by atoms with van der Waals surface area (Å²) in [6.45, 7) is 7.63. The maximum Gasteiger partial charge on any atom is 0.123 e. The second kappa shape index (κ2) is 9.49. The van der Waals surface area contributed by atoms with Crippen LogP contribution in [0.25, 0.3) is 0 Å². The van der Waals surface area contributed by atoms with Crippen LogP contribution in [0.4, 0.5) is 4.39 Å². The van der Waals surface area contributed by atoms with Crippen LogP contribution in [0.3, 0.4) is 0 Å². The highest BCUT2D eigenvalue weighted by Gasteiger charge is 1.95. The summed E-state index contributed by atoms with van der Waals surface area (Å²) >= 11 is 0. The van der Waals surface area contributed by atoms with Crippen molar-refractivity contribution in [1.82, 2.24) is 0 Å². The molecule has 2 heteroatoms. The highest BCUT2D eigenvalue weighted by atomic mass is 19.1. The summed E-state index contributed by atoms with van der Waals surface area (Å²) in [4.78, 5) is 0. The molecule has 1 aromatic carbocycles. The third-order valence-corrected chi connectivity index (χ3v) is 3.07. The van der Waals surface area contributed by atoms with Gasteiger partial charge in [0.25, 0.3) is 0 Å². The number of allylic oxidation sites excluding steroid dienone is 3. The first kappa shape index (κ1) is 16.6. The highest BCUT2D eigenvalue weighted by molar-refractivity contribution is 5.16. The van der Waals surface area contributed by atoms with Gasteiger partial charge in [-0.1, -0.05) is 35.4 Å². The summed E-state index contributed by atoms with van der Waals surface area (Å²) < 4.78 is 18.5. The zero-order valence-corrected chi connectivity index (χ0v) is 12.8. The SMILES string of the molecule is CC(C)=CCC/C(C)=C/COCCc1cccc(F)c1. The summed E-state index contributed by atoms with van der Waals surface area (Å²) in [6, 6.07) is 6.68. The second-order valence-corrected chi connectivity index (χ2v) is 5.33. The van der Waals surface area contributed by atoms with E-state index in [0.29, 0.717) is 13.2 Å². The van der Waals surface area contributed by atoms with Gasteiger partial charge in [0.05, 0.1) is 13.2 Å². The van der Waals surface area contributed by atoms with E-state index < -0.39 is 0 Å². The molecule has 0 N–H and O–H groups in total. The van der Waals surface area contributed by atoms with E-state index >= 15 is 0 Å². The van der Waals surface area contributed by atoms with Gasteiger partial charge in [-0.3, -0.25) is 0 Å². The molecule has 0 radical (unpaired) electrons. The van der Waals surface area contributed by atoms with E-state index in [9.17, 15) is 4.39 Å². The molecule has 0 bridgehead atoms. The number of hydrogen-bond donors (Lipinski definition) is 0. The zero-order chi connectivity index (χ0) is 14.8. The quantitative estimate of drug-likeness (QED) is 0.475. The zero-order valence-electron chi connectivity index (χ0n) is 12.8. The molecular formula is C18H25FO. The Kier molecular flexibility index (Phi) is 7.89. The molecule has 0 aliphatic heterocycles. The van der Waals surface area contributed by atoms with Gasteiger partial charge in [0.2, 0.25) is 0 Å². The van der Waals surface area contributed by atoms with Crippen molar-refractivity contribution in [2.45, 2.75) is 40.0 Å². The van der Waals surface area contributed by atoms with Gasteiger partial charge >= 0.3 is 0 Å². The summed E-state index contributed by atoms with van der Waals surface area (Å²) in [5.41, 5.74) is 3.70. The lowest BCUT2D eigenvalue weighted by Gasteiger charge is -2.03. The Hall–Kier alpha value is -1.41. The minimum Gasteiger partial charge on any atom is -0.377 e. The van der Waals surface area contributed by atoms with Crippen molar-refractivity contribution < 1.29 is 9.13 Å². The Morgan fingerprint density at radius 1 is 1.20 bits per heavy atom. The number of hydrogen-bond acceptors (Lipinski definition) is 1. The molecule has 0 fully saturated rings. The summed E-state index contributed by atoms with van der Waals surface area (Å²) in [6.07, 6.45) is 7.31. The van der Waals surface area contributed by atoms with Crippen LogP contribution in [0.1, 0.15) is 39.2 Å². The molecule has 20 heavy (non-hydrogen) atoms. The summed E-state index contributed by atoms with van der Waals surface area (Å²) in [5.74, 6) is -0.183. The van der Waals surface area contributed by atoms with Crippen LogP contribution < -0.4 is 0 Å². The Labute approximate surface area is 122 Å². The average Bonchev–Trinajstić information content (AvgIpc) is 2.38. The Bertz CT molecular complexity index is 456. The lowest BCUT2D eigenvalue weighted by molar-refractivity contribution is 0.165. The number of halogens is 1. The van der Waals surface area contributed by atoms with Crippen molar-refractivity contribution in [3.8, 4) is 0 Å². The van der Waals surface area contributed by atoms with Crippen molar-refractivity contribution in [2.24, 2.45) is 0 Å². The molecule has 0 aromatic heterocycles. The van der Waals surface area contributed by atoms with Gasteiger partial charge in [0.1, 0.15) is 5.82 Å². The third kappa shape index (κ3) is 7.90. The van der Waals surface area contributed by atoms with Gasteiger partial charge in [0.15, 0.2) is 0 Å². The molecule has 1 nitrogen and oxygen atoms in total. The van der Waals surface area contributed by atoms with E-state index in [0.717, 1.165) is 24.8 Å². The summed E-state index contributed by atoms with van der Waals surface area (Å²) in [7, 11) is 0. The minimum atomic E-state index is -0.183. The summed E-state index contributed by atoms with van der Waals surface area (Å²) in [5, 5.41) is 0. The standard InChI is InChI=1S/C18H25FO/c1-15(2)6-4-7-16(3)10-12-20-13-11-17-8-5-9-18(19)14-17/h5-6,8-10,14H,4,7,11-13H2,1-3H3/b16-10+. The van der Waals surface area contributed by atoms with Gasteiger partial charge < -0.3 is 4.74 Å². The first-order chi connectivity index (χ1) is 9.58. The van der Waals surface area contributed by atoms with Crippen molar-refractivity contribution >= 4 is 0 Å². The maximum atomic E-state index is 13.0. The van der Waals surface area contributed by atoms with Gasteiger partial charge in [-0.25, -0.2) is 4.39 Å². The molecule has 0 amide bonds. The largest absolute Gasteiger partial charge is 0.377 e. The Balaban J connectivity index is 2.16. The van der Waals surface area contributed by atoms with E-state index in [-0.39, 0.29) is 5.82 Å². The molecule has 0 atom stereocenters. The lowest BCUT2D eigenvalue weighted by atomic mass is 10.1. The van der Waals surface area contributed by atoms with Crippen LogP contribution in [0.5, 0.6) is 0 Å². The third-order valence-electron chi connectivity index (χ3n) is 3.07. The first-order valence-electron chi connectivity index (χ1n) is 7.19. The van der Waals surface area contributed by atoms with Crippen LogP contribution >= 0.6 is 0 Å². The van der Waals surface area contributed by atoms with E-state index in [1.807, 2.05) is 6.07 Å². The van der Waals surface area contributed by atoms with Crippen molar-refractivity contribution in [2.75, 3.05) is 13.2 Å². The second-order valence-electron chi connectivity index (χ2n) is 5.33. The first-order valence-corrected chi connectivity index (χ1v) is 7.19. The molecule has 0 unspecified atom stereocenters. The van der Waals surface area contributed by atoms with Gasteiger partial charge in [-0.05, 0) is 57.7 Å². The van der Waals surface area contributed by atoms with E-state index in [1.54, 1.807) is 12.1 Å². The van der Waals surface area contributed by atoms with Crippen molar-refractivity contribution in [1.29, 1.82) is 0 Å². The van der Waals surface area contributed by atoms with Gasteiger partial charge in [-0.2, -0.15) is 0 Å². The van der Waals surface area contributed by atoms with Crippen LogP contribution in [0.15, 0.2) is 47.6 Å². The predicted molar refractivity (Wildman–Crippen MR) is 83.3 cm³/mol. The van der Waals surface area contributed by atoms with E-state index in [1.165, 1.54) is 17.2 Å². The molecule has 0 saturated carbocycles. The lowest BCUT2D eigenvalue weighted by Crippen LogP contribution is -1.99. The molecule has 110 valence electrons. The predicted octanol–water partition coefficient (Wildman–Crippen LogP) is 5.08. The fraction of sp³-hybridized carbons (Fsp3) is 0.444. The van der Waals surface area contributed by atoms with Crippen LogP contribution in [0.2, 0.25) is 0 Å². The normalized spacial score (nSPS) is 11.5. The fourth-order valence-electron chi connectivity index (χ4n) is 1.86. The average molecular weight is 276 g/mol. The highest BCUT2D eigenvalue weighted by Crippen LogP contribution is 2.07. The molecule has 0 saturated heterocycles. The van der Waals surface area contributed by atoms with Crippen molar-refractivity contribution in [3.63, 3.8) is 0 Å². The van der Waals surface area contributed by atoms with E-state index in [2.05, 4.69) is 32.9 Å². The van der Waals surface area contributed by atoms with Crippen LogP contribution in [-0.2, 0) is 11.2 Å². The fourth-order valence-corrected chi connectivity index (χ4v) is 1.86. The number of benzene rings is 1. The Morgan fingerprint density at radius 2 is 2.00 bits per heavy atom. The molecule has 0 heterocycles. The van der Waals surface area contributed by atoms with Crippen LogP contribution in [0, 0.1) is 5.82 Å². The maximum absolute atomic E-state index is 13.0. The molecule has 0 aliphatic carbocycles. The number of ether oxygens (including phenoxy) is 1. The molecular weight excluding hydrogens is 251 g/mol. The molecule has 1 aromatic rings. The molecule has 0 aliphatic rings. The monoisotopic (exact) mass is 276 g/mol. The minimum absolute atomic E-state index is 0.183. The smallest absolute Gasteiger partial charge is 0.123 e. The topological polar surface area (TPSA) is 9.23 Å². The Morgan fingerprint density at radius 3 is 2.70 bits per heavy atom. The number of rotatable bonds is 8. The van der Waals surface area contributed by atoms with E-state index in [4.69, 9.17) is 4.74 Å². The molecule has 0 spiro atoms. The van der Waals surface area contributed by atoms with Gasteiger partial charge in [-0.15, -0.1) is 0 Å².